The van der Waals surface area contributed by atoms with E-state index in [1.54, 1.807) is 0 Å². The molecule has 1 aromatic carbocycles. The summed E-state index contributed by atoms with van der Waals surface area (Å²) in [6.07, 6.45) is 2.83. The molecule has 0 aliphatic rings. The third-order valence-electron chi connectivity index (χ3n) is 2.98. The van der Waals surface area contributed by atoms with Crippen LogP contribution in [0.3, 0.4) is 0 Å². The third kappa shape index (κ3) is 4.89. The van der Waals surface area contributed by atoms with E-state index in [4.69, 9.17) is 13.8 Å². The van der Waals surface area contributed by atoms with Crippen LogP contribution >= 0.6 is 0 Å². The lowest BCUT2D eigenvalue weighted by atomic mass is 10.2. The Hall–Kier alpha value is -0.973. The first-order valence-corrected chi connectivity index (χ1v) is 8.21. The molecule has 0 saturated heterocycles. The van der Waals surface area contributed by atoms with Crippen LogP contribution in [0.1, 0.15) is 39.7 Å². The van der Waals surface area contributed by atoms with Crippen molar-refractivity contribution in [2.45, 2.75) is 39.3 Å². The summed E-state index contributed by atoms with van der Waals surface area (Å²) < 4.78 is 11.6. The minimum Gasteiger partial charge on any atom is -0.392 e. The van der Waals surface area contributed by atoms with Crippen molar-refractivity contribution in [1.82, 2.24) is 0 Å². The first-order chi connectivity index (χ1) is 9.16. The first kappa shape index (κ1) is 16.1. The van der Waals surface area contributed by atoms with Crippen LogP contribution < -0.4 is 0 Å². The Morgan fingerprint density at radius 2 is 1.68 bits per heavy atom. The lowest BCUT2D eigenvalue weighted by Crippen LogP contribution is -2.46. The smallest absolute Gasteiger partial charge is 0.392 e. The van der Waals surface area contributed by atoms with Gasteiger partial charge in [-0.05, 0) is 32.8 Å². The first-order valence-electron chi connectivity index (χ1n) is 6.89. The summed E-state index contributed by atoms with van der Waals surface area (Å²) >= 11 is 0. The van der Waals surface area contributed by atoms with Gasteiger partial charge in [0.1, 0.15) is 5.16 Å². The maximum absolute atomic E-state index is 5.79. The fraction of sp³-hybridized carbons (Fsp3) is 0.533. The molecule has 0 spiro atoms. The van der Waals surface area contributed by atoms with Crippen molar-refractivity contribution < 1.29 is 8.85 Å². The van der Waals surface area contributed by atoms with Crippen LogP contribution in [0, 0.1) is 0 Å². The van der Waals surface area contributed by atoms with E-state index < -0.39 is 9.28 Å². The summed E-state index contributed by atoms with van der Waals surface area (Å²) in [5, 5.41) is -0.257. The van der Waals surface area contributed by atoms with Crippen molar-refractivity contribution in [3.8, 4) is 0 Å². The van der Waals surface area contributed by atoms with E-state index in [-0.39, 0.29) is 5.16 Å². The van der Waals surface area contributed by atoms with E-state index in [0.717, 1.165) is 12.0 Å². The zero-order valence-electron chi connectivity index (χ0n) is 12.3. The molecular weight excluding hydrogens is 254 g/mol. The lowest BCUT2D eigenvalue weighted by Gasteiger charge is -2.29. The Balaban J connectivity index is 2.85. The van der Waals surface area contributed by atoms with E-state index in [1.807, 2.05) is 50.4 Å². The van der Waals surface area contributed by atoms with Gasteiger partial charge in [0.2, 0.25) is 0 Å². The molecule has 0 fully saturated rings. The third-order valence-corrected chi connectivity index (χ3v) is 5.44. The van der Waals surface area contributed by atoms with Crippen molar-refractivity contribution in [3.05, 3.63) is 35.9 Å². The standard InChI is InChI=1S/C15H24NO2Si/c1-5-15(4,19(17-6-2)18-7-3)16-13-14-11-9-8-10-12-14/h8-13H,5-7H2,1-4H3. The minimum atomic E-state index is -1.40. The minimum absolute atomic E-state index is 0.257. The molecule has 1 radical (unpaired) electrons. The summed E-state index contributed by atoms with van der Waals surface area (Å²) in [7, 11) is -1.40. The number of hydrogen-bond donors (Lipinski definition) is 0. The number of nitrogens with zero attached hydrogens (tertiary/aromatic N) is 1. The Bertz CT molecular complexity index is 377. The second kappa shape index (κ2) is 8.25. The summed E-state index contributed by atoms with van der Waals surface area (Å²) in [4.78, 5) is 4.75. The second-order valence-corrected chi connectivity index (χ2v) is 6.68. The van der Waals surface area contributed by atoms with Crippen LogP contribution in [-0.4, -0.2) is 33.9 Å². The predicted octanol–water partition coefficient (Wildman–Crippen LogP) is 3.37. The fourth-order valence-electron chi connectivity index (χ4n) is 1.66. The molecule has 1 unspecified atom stereocenters. The number of rotatable bonds is 8. The van der Waals surface area contributed by atoms with E-state index in [1.165, 1.54) is 0 Å². The van der Waals surface area contributed by atoms with Crippen LogP contribution in [-0.2, 0) is 8.85 Å². The van der Waals surface area contributed by atoms with Gasteiger partial charge in [0.25, 0.3) is 0 Å². The monoisotopic (exact) mass is 278 g/mol. The van der Waals surface area contributed by atoms with Crippen molar-refractivity contribution in [3.63, 3.8) is 0 Å². The van der Waals surface area contributed by atoms with Crippen LogP contribution in [0.15, 0.2) is 35.3 Å². The van der Waals surface area contributed by atoms with E-state index >= 15 is 0 Å². The Morgan fingerprint density at radius 1 is 1.11 bits per heavy atom. The van der Waals surface area contributed by atoms with Gasteiger partial charge >= 0.3 is 9.28 Å². The topological polar surface area (TPSA) is 30.8 Å². The predicted molar refractivity (Wildman–Crippen MR) is 81.7 cm³/mol. The van der Waals surface area contributed by atoms with Gasteiger partial charge in [-0.25, -0.2) is 0 Å². The van der Waals surface area contributed by atoms with Crippen LogP contribution in [0.5, 0.6) is 0 Å². The molecule has 0 aliphatic heterocycles. The molecule has 3 nitrogen and oxygen atoms in total. The highest BCUT2D eigenvalue weighted by molar-refractivity contribution is 6.49. The zero-order chi connectivity index (χ0) is 14.1. The molecule has 1 rings (SSSR count). The Labute approximate surface area is 118 Å². The number of hydrogen-bond acceptors (Lipinski definition) is 3. The molecular formula is C15H24NO2Si. The Morgan fingerprint density at radius 3 is 2.16 bits per heavy atom. The average molecular weight is 278 g/mol. The normalized spacial score (nSPS) is 15.0. The summed E-state index contributed by atoms with van der Waals surface area (Å²) in [6.45, 7) is 9.59. The van der Waals surface area contributed by atoms with Gasteiger partial charge in [-0.1, -0.05) is 37.3 Å². The van der Waals surface area contributed by atoms with Crippen molar-refractivity contribution in [1.29, 1.82) is 0 Å². The largest absolute Gasteiger partial charge is 0.414 e. The maximum Gasteiger partial charge on any atom is 0.414 e. The molecule has 19 heavy (non-hydrogen) atoms. The Kier molecular flexibility index (Phi) is 6.98. The van der Waals surface area contributed by atoms with Gasteiger partial charge < -0.3 is 8.85 Å². The highest BCUT2D eigenvalue weighted by Gasteiger charge is 2.38. The lowest BCUT2D eigenvalue weighted by molar-refractivity contribution is 0.189. The number of benzene rings is 1. The highest BCUT2D eigenvalue weighted by atomic mass is 28.3. The van der Waals surface area contributed by atoms with Crippen LogP contribution in [0.4, 0.5) is 0 Å². The average Bonchev–Trinajstić information content (AvgIpc) is 2.46. The molecule has 0 heterocycles. The molecule has 0 bridgehead atoms. The summed E-state index contributed by atoms with van der Waals surface area (Å²) in [5.41, 5.74) is 1.11. The van der Waals surface area contributed by atoms with Crippen molar-refractivity contribution in [2.24, 2.45) is 4.99 Å². The maximum atomic E-state index is 5.79. The molecule has 1 atom stereocenters. The van der Waals surface area contributed by atoms with E-state index in [9.17, 15) is 0 Å². The summed E-state index contributed by atoms with van der Waals surface area (Å²) in [5.74, 6) is 0. The second-order valence-electron chi connectivity index (χ2n) is 4.45. The van der Waals surface area contributed by atoms with Crippen molar-refractivity contribution >= 4 is 15.5 Å². The molecule has 0 aromatic heterocycles. The zero-order valence-corrected chi connectivity index (χ0v) is 13.3. The van der Waals surface area contributed by atoms with Gasteiger partial charge in [-0.15, -0.1) is 0 Å². The molecule has 0 aliphatic carbocycles. The fourth-order valence-corrected chi connectivity index (χ4v) is 3.35. The van der Waals surface area contributed by atoms with Gasteiger partial charge in [0.15, 0.2) is 0 Å². The molecule has 0 saturated carbocycles. The molecule has 4 heteroatoms. The molecule has 0 amide bonds. The molecule has 0 N–H and O–H groups in total. The molecule has 1 aromatic rings. The number of aliphatic imine (C=N–C) groups is 1. The van der Waals surface area contributed by atoms with E-state index in [2.05, 4.69) is 13.8 Å². The molecule has 105 valence electrons. The highest BCUT2D eigenvalue weighted by Crippen LogP contribution is 2.21. The van der Waals surface area contributed by atoms with Crippen LogP contribution in [0.2, 0.25) is 0 Å². The van der Waals surface area contributed by atoms with E-state index in [0.29, 0.717) is 13.2 Å². The van der Waals surface area contributed by atoms with Gasteiger partial charge in [-0.3, -0.25) is 4.99 Å². The van der Waals surface area contributed by atoms with Gasteiger partial charge in [0.05, 0.1) is 0 Å². The van der Waals surface area contributed by atoms with Gasteiger partial charge in [0, 0.05) is 19.4 Å². The quantitative estimate of drug-likeness (QED) is 0.539. The van der Waals surface area contributed by atoms with Gasteiger partial charge in [-0.2, -0.15) is 0 Å². The SMILES string of the molecule is CCO[Si](OCC)C(C)(CC)N=Cc1ccccc1. The van der Waals surface area contributed by atoms with Crippen LogP contribution in [0.25, 0.3) is 0 Å². The van der Waals surface area contributed by atoms with Crippen molar-refractivity contribution in [2.75, 3.05) is 13.2 Å². The summed E-state index contributed by atoms with van der Waals surface area (Å²) in [6, 6.07) is 10.1.